The van der Waals surface area contributed by atoms with Crippen LogP contribution >= 0.6 is 0 Å². The molecule has 0 aromatic carbocycles. The van der Waals surface area contributed by atoms with E-state index in [9.17, 15) is 9.90 Å². The summed E-state index contributed by atoms with van der Waals surface area (Å²) < 4.78 is 24.8. The molecule has 5 nitrogen and oxygen atoms in total. The number of carboxylic acid groups (broad SMARTS) is 1. The Labute approximate surface area is 104 Å². The maximum Gasteiger partial charge on any atom is 1.00 e. The second-order valence-electron chi connectivity index (χ2n) is 1.65. The van der Waals surface area contributed by atoms with Crippen molar-refractivity contribution in [1.29, 1.82) is 0 Å². The van der Waals surface area contributed by atoms with Gasteiger partial charge in [0, 0.05) is 0 Å². The van der Waals surface area contributed by atoms with Gasteiger partial charge in [0.2, 0.25) is 0 Å². The van der Waals surface area contributed by atoms with Gasteiger partial charge >= 0.3 is 106 Å². The molecule has 0 amide bonds. The molecule has 0 atom stereocenters. The van der Waals surface area contributed by atoms with Crippen molar-refractivity contribution in [3.05, 3.63) is 0 Å². The van der Waals surface area contributed by atoms with E-state index in [1.165, 1.54) is 0 Å². The topological polar surface area (TPSA) is 101 Å². The molecular weight excluding hydrogens is 228 g/mol. The SMILES string of the molecule is O=C([O-])C[CH2][Ge]([OH])([OH])[OH].[K+]. The minimum absolute atomic E-state index is 0. The van der Waals surface area contributed by atoms with Crippen LogP contribution in [0.2, 0.25) is 5.25 Å². The zero-order chi connectivity index (χ0) is 7.49. The molecule has 0 saturated heterocycles. The van der Waals surface area contributed by atoms with Crippen LogP contribution in [-0.2, 0) is 4.79 Å². The van der Waals surface area contributed by atoms with Crippen molar-refractivity contribution in [3.8, 4) is 0 Å². The fraction of sp³-hybridized carbons (Fsp3) is 0.667. The molecule has 7 heteroatoms. The van der Waals surface area contributed by atoms with Gasteiger partial charge in [0.1, 0.15) is 0 Å². The summed E-state index contributed by atoms with van der Waals surface area (Å²) in [6.07, 6.45) is -0.497. The maximum absolute atomic E-state index is 9.63. The van der Waals surface area contributed by atoms with Crippen LogP contribution < -0.4 is 56.5 Å². The van der Waals surface area contributed by atoms with Crippen molar-refractivity contribution >= 4 is 20.2 Å². The average molecular weight is 235 g/mol. The number of aliphatic carboxylic acids is 1. The summed E-state index contributed by atoms with van der Waals surface area (Å²) in [5.74, 6) is -1.39. The van der Waals surface area contributed by atoms with Gasteiger partial charge in [0.25, 0.3) is 0 Å². The Hall–Kier alpha value is 1.53. The molecule has 0 fully saturated rings. The zero-order valence-electron chi connectivity index (χ0n) is 5.57. The Morgan fingerprint density at radius 3 is 1.90 bits per heavy atom. The molecule has 0 rings (SSSR count). The first-order valence-corrected chi connectivity index (χ1v) is 6.58. The van der Waals surface area contributed by atoms with Crippen molar-refractivity contribution in [2.45, 2.75) is 11.7 Å². The maximum atomic E-state index is 9.63. The number of rotatable bonds is 3. The second-order valence-corrected chi connectivity index (χ2v) is 5.94. The fourth-order valence-corrected chi connectivity index (χ4v) is 1.40. The summed E-state index contributed by atoms with van der Waals surface area (Å²) in [4.78, 5) is 9.63. The standard InChI is InChI=1S/C3H8GeO5.K/c5-3(6)1-2-4(7,8)9;/h7-9H,1-2H2,(H,5,6);/q;+1/p-1. The van der Waals surface area contributed by atoms with E-state index in [0.717, 1.165) is 0 Å². The summed E-state index contributed by atoms with van der Waals surface area (Å²) in [6.45, 7) is 0. The van der Waals surface area contributed by atoms with Gasteiger partial charge in [0.15, 0.2) is 0 Å². The normalized spacial score (nSPS) is 10.3. The van der Waals surface area contributed by atoms with Crippen molar-refractivity contribution in [2.24, 2.45) is 0 Å². The van der Waals surface area contributed by atoms with Crippen LogP contribution in [0.25, 0.3) is 0 Å². The third-order valence-electron chi connectivity index (χ3n) is 0.665. The minimum atomic E-state index is -4.58. The summed E-state index contributed by atoms with van der Waals surface area (Å²) in [7, 11) is 0. The molecule has 0 aromatic heterocycles. The van der Waals surface area contributed by atoms with Crippen LogP contribution in [0.1, 0.15) is 6.42 Å². The van der Waals surface area contributed by atoms with Gasteiger partial charge in [-0.3, -0.25) is 0 Å². The molecule has 0 radical (unpaired) electrons. The first kappa shape index (κ1) is 14.1. The van der Waals surface area contributed by atoms with Crippen LogP contribution in [0.5, 0.6) is 0 Å². The number of hydrogen-bond donors (Lipinski definition) is 3. The van der Waals surface area contributed by atoms with Gasteiger partial charge in [-0.05, 0) is 0 Å². The Bertz CT molecular complexity index is 110. The van der Waals surface area contributed by atoms with Gasteiger partial charge < -0.3 is 0 Å². The van der Waals surface area contributed by atoms with Gasteiger partial charge in [-0.1, -0.05) is 0 Å². The fourth-order valence-electron chi connectivity index (χ4n) is 0.270. The van der Waals surface area contributed by atoms with Gasteiger partial charge in [0.05, 0.1) is 0 Å². The Balaban J connectivity index is 0. The molecule has 0 aliphatic rings. The summed E-state index contributed by atoms with van der Waals surface area (Å²) >= 11 is -4.58. The quantitative estimate of drug-likeness (QED) is 0.422. The van der Waals surface area contributed by atoms with Gasteiger partial charge in [-0.25, -0.2) is 0 Å². The van der Waals surface area contributed by atoms with E-state index >= 15 is 0 Å². The summed E-state index contributed by atoms with van der Waals surface area (Å²) in [6, 6.07) is 0. The number of hydrogen-bond acceptors (Lipinski definition) is 5. The molecule has 0 unspecified atom stereocenters. The molecule has 10 heavy (non-hydrogen) atoms. The van der Waals surface area contributed by atoms with Crippen molar-refractivity contribution in [3.63, 3.8) is 0 Å². The van der Waals surface area contributed by atoms with Crippen molar-refractivity contribution < 1.29 is 73.7 Å². The molecule has 0 saturated carbocycles. The molecule has 0 heterocycles. The molecule has 3 N–H and O–H groups in total. The molecule has 0 aromatic rings. The van der Waals surface area contributed by atoms with Gasteiger partial charge in [-0.2, -0.15) is 0 Å². The van der Waals surface area contributed by atoms with Crippen LogP contribution in [0.4, 0.5) is 0 Å². The third-order valence-corrected chi connectivity index (χ3v) is 2.60. The predicted octanol–water partition coefficient (Wildman–Crippen LogP) is -5.95. The summed E-state index contributed by atoms with van der Waals surface area (Å²) in [5.41, 5.74) is 0. The number of carbonyl (C=O) groups is 1. The Morgan fingerprint density at radius 2 is 1.80 bits per heavy atom. The van der Waals surface area contributed by atoms with Crippen LogP contribution in [0.3, 0.4) is 0 Å². The van der Waals surface area contributed by atoms with E-state index in [1.54, 1.807) is 0 Å². The zero-order valence-corrected chi connectivity index (χ0v) is 10.8. The predicted molar refractivity (Wildman–Crippen MR) is 26.8 cm³/mol. The van der Waals surface area contributed by atoms with Crippen LogP contribution in [0, 0.1) is 0 Å². The minimum Gasteiger partial charge on any atom is 1.00 e. The van der Waals surface area contributed by atoms with E-state index in [2.05, 4.69) is 0 Å². The van der Waals surface area contributed by atoms with E-state index in [-0.39, 0.29) is 51.4 Å². The second kappa shape index (κ2) is 6.09. The van der Waals surface area contributed by atoms with E-state index < -0.39 is 31.9 Å². The third kappa shape index (κ3) is 12.2. The Morgan fingerprint density at radius 1 is 1.40 bits per heavy atom. The first-order valence-electron chi connectivity index (χ1n) is 2.29. The summed E-state index contributed by atoms with van der Waals surface area (Å²) in [5, 5.41) is 9.18. The Kier molecular flexibility index (Phi) is 8.57. The molecular formula is C3H7GeKO5. The van der Waals surface area contributed by atoms with Crippen LogP contribution in [-0.4, -0.2) is 32.6 Å². The van der Waals surface area contributed by atoms with E-state index in [0.29, 0.717) is 0 Å². The molecule has 0 aliphatic heterocycles. The molecule has 0 bridgehead atoms. The van der Waals surface area contributed by atoms with E-state index in [1.807, 2.05) is 0 Å². The molecule has 0 spiro atoms. The van der Waals surface area contributed by atoms with Gasteiger partial charge in [-0.15, -0.1) is 0 Å². The largest absolute Gasteiger partial charge is 1.00 e. The smallest absolute Gasteiger partial charge is 1.00 e. The first-order chi connectivity index (χ1) is 3.92. The number of carboxylic acids is 1. The van der Waals surface area contributed by atoms with Crippen molar-refractivity contribution in [2.75, 3.05) is 0 Å². The van der Waals surface area contributed by atoms with Crippen LogP contribution in [0.15, 0.2) is 0 Å². The van der Waals surface area contributed by atoms with Crippen molar-refractivity contribution in [1.82, 2.24) is 0 Å². The molecule has 54 valence electrons. The molecule has 0 aliphatic carbocycles. The average Bonchev–Trinajstić information content (AvgIpc) is 1.59. The monoisotopic (exact) mass is 236 g/mol. The number of carbonyl (C=O) groups excluding carboxylic acids is 1. The van der Waals surface area contributed by atoms with E-state index in [4.69, 9.17) is 12.4 Å².